The van der Waals surface area contributed by atoms with E-state index in [0.717, 1.165) is 11.1 Å². The number of carbonyl (C=O) groups is 1. The zero-order valence-corrected chi connectivity index (χ0v) is 24.6. The lowest BCUT2D eigenvalue weighted by Crippen LogP contribution is -2.45. The van der Waals surface area contributed by atoms with Gasteiger partial charge >= 0.3 is 0 Å². The summed E-state index contributed by atoms with van der Waals surface area (Å²) in [7, 11) is 0. The second-order valence-electron chi connectivity index (χ2n) is 11.3. The van der Waals surface area contributed by atoms with Gasteiger partial charge in [-0.05, 0) is 53.6 Å². The average molecular weight is 611 g/mol. The summed E-state index contributed by atoms with van der Waals surface area (Å²) in [5, 5.41) is 6.16. The van der Waals surface area contributed by atoms with Gasteiger partial charge in [-0.3, -0.25) is 4.79 Å². The normalized spacial score (nSPS) is 18.0. The number of halogens is 2. The molecule has 0 radical (unpaired) electrons. The minimum absolute atomic E-state index is 0.0689. The van der Waals surface area contributed by atoms with Gasteiger partial charge in [-0.15, -0.1) is 0 Å². The molecule has 3 aromatic carbocycles. The van der Waals surface area contributed by atoms with E-state index in [1.165, 1.54) is 24.3 Å². The number of H-pyrrole nitrogens is 1. The van der Waals surface area contributed by atoms with E-state index in [-0.39, 0.29) is 17.5 Å². The number of amides is 1. The van der Waals surface area contributed by atoms with Gasteiger partial charge in [-0.1, -0.05) is 49.4 Å². The number of hydrogen-bond acceptors (Lipinski definition) is 7. The van der Waals surface area contributed by atoms with Gasteiger partial charge in [0.1, 0.15) is 11.6 Å². The highest BCUT2D eigenvalue weighted by Gasteiger charge is 2.35. The van der Waals surface area contributed by atoms with Crippen molar-refractivity contribution in [2.24, 2.45) is 5.41 Å². The first kappa shape index (κ1) is 30.0. The number of benzene rings is 3. The van der Waals surface area contributed by atoms with Crippen LogP contribution in [0.15, 0.2) is 91.1 Å². The Labute approximate surface area is 259 Å². The van der Waals surface area contributed by atoms with Gasteiger partial charge in [0.2, 0.25) is 18.1 Å². The first-order chi connectivity index (χ1) is 21.8. The van der Waals surface area contributed by atoms with Crippen LogP contribution in [0.3, 0.4) is 0 Å². The maximum absolute atomic E-state index is 13.8. The number of aromatic amines is 1. The molecule has 0 aliphatic carbocycles. The summed E-state index contributed by atoms with van der Waals surface area (Å²) in [6, 6.07) is 23.5. The molecule has 6 rings (SSSR count). The van der Waals surface area contributed by atoms with Crippen LogP contribution < -0.4 is 10.6 Å². The number of nitrogens with one attached hydrogen (secondary N) is 3. The SMILES string of the molecule is CC1(CNC(=O)Cc2ccccc2)COC(c2nc(-c3ccc(F)cc3)c(-c3ccnc(NCc4ccc(F)cc4)n3)[nH]2)OC1. The van der Waals surface area contributed by atoms with Crippen molar-refractivity contribution >= 4 is 11.9 Å². The summed E-state index contributed by atoms with van der Waals surface area (Å²) in [5.74, 6) is 0.0636. The van der Waals surface area contributed by atoms with Crippen LogP contribution in [0.4, 0.5) is 14.7 Å². The molecule has 1 aliphatic rings. The lowest BCUT2D eigenvalue weighted by molar-refractivity contribution is -0.232. The molecule has 2 aromatic heterocycles. The van der Waals surface area contributed by atoms with Crippen LogP contribution in [0, 0.1) is 17.0 Å². The molecule has 9 nitrogen and oxygen atoms in total. The molecular formula is C34H32F2N6O3. The second-order valence-corrected chi connectivity index (χ2v) is 11.3. The van der Waals surface area contributed by atoms with Gasteiger partial charge in [0.15, 0.2) is 5.82 Å². The molecule has 230 valence electrons. The largest absolute Gasteiger partial charge is 0.355 e. The molecule has 1 saturated heterocycles. The van der Waals surface area contributed by atoms with Crippen LogP contribution in [0.2, 0.25) is 0 Å². The molecule has 1 aliphatic heterocycles. The van der Waals surface area contributed by atoms with E-state index in [4.69, 9.17) is 14.5 Å². The Kier molecular flexibility index (Phi) is 8.90. The number of carbonyl (C=O) groups excluding carboxylic acids is 1. The van der Waals surface area contributed by atoms with E-state index >= 15 is 0 Å². The van der Waals surface area contributed by atoms with Gasteiger partial charge in [0.05, 0.1) is 36.7 Å². The third-order valence-corrected chi connectivity index (χ3v) is 7.42. The Bertz CT molecular complexity index is 1740. The van der Waals surface area contributed by atoms with Crippen LogP contribution in [0.5, 0.6) is 0 Å². The fraction of sp³-hybridized carbons (Fsp3) is 0.235. The van der Waals surface area contributed by atoms with Gasteiger partial charge in [0, 0.05) is 30.3 Å². The van der Waals surface area contributed by atoms with Crippen LogP contribution in [0.1, 0.15) is 30.2 Å². The van der Waals surface area contributed by atoms with E-state index in [1.54, 1.807) is 36.5 Å². The van der Waals surface area contributed by atoms with Crippen LogP contribution in [-0.2, 0) is 27.2 Å². The van der Waals surface area contributed by atoms with Gasteiger partial charge < -0.3 is 25.1 Å². The molecule has 1 amide bonds. The van der Waals surface area contributed by atoms with Crippen molar-refractivity contribution in [1.29, 1.82) is 0 Å². The van der Waals surface area contributed by atoms with E-state index in [0.29, 0.717) is 67.1 Å². The van der Waals surface area contributed by atoms with Gasteiger partial charge in [-0.25, -0.2) is 23.7 Å². The molecule has 5 aromatic rings. The lowest BCUT2D eigenvalue weighted by Gasteiger charge is -2.36. The average Bonchev–Trinajstić information content (AvgIpc) is 3.51. The molecule has 3 heterocycles. The molecule has 0 saturated carbocycles. The first-order valence-corrected chi connectivity index (χ1v) is 14.5. The Morgan fingerprint density at radius 2 is 1.60 bits per heavy atom. The maximum atomic E-state index is 13.8. The number of imidazole rings is 1. The molecule has 11 heteroatoms. The standard InChI is InChI=1S/C34H32F2N6O3/c1-34(19-39-28(43)17-22-5-3-2-4-6-22)20-44-32(45-21-34)31-41-29(24-9-13-26(36)14-10-24)30(42-31)27-15-16-37-33(40-27)38-18-23-7-11-25(35)12-8-23/h2-16,32H,17-21H2,1H3,(H,39,43)(H,41,42)(H,37,38,40). The number of hydrogen-bond donors (Lipinski definition) is 3. The number of rotatable bonds is 10. The van der Waals surface area contributed by atoms with E-state index in [9.17, 15) is 13.6 Å². The molecule has 0 unspecified atom stereocenters. The summed E-state index contributed by atoms with van der Waals surface area (Å²) in [4.78, 5) is 29.6. The smallest absolute Gasteiger partial charge is 0.224 e. The van der Waals surface area contributed by atoms with Crippen molar-refractivity contribution < 1.29 is 23.0 Å². The summed E-state index contributed by atoms with van der Waals surface area (Å²) in [5.41, 5.74) is 3.73. The summed E-state index contributed by atoms with van der Waals surface area (Å²) >= 11 is 0. The van der Waals surface area contributed by atoms with E-state index in [2.05, 4.69) is 25.6 Å². The Morgan fingerprint density at radius 3 is 2.31 bits per heavy atom. The molecule has 0 atom stereocenters. The van der Waals surface area contributed by atoms with Crippen molar-refractivity contribution in [1.82, 2.24) is 25.3 Å². The molecule has 45 heavy (non-hydrogen) atoms. The predicted octanol–water partition coefficient (Wildman–Crippen LogP) is 5.83. The van der Waals surface area contributed by atoms with Crippen LogP contribution in [0.25, 0.3) is 22.6 Å². The number of ether oxygens (including phenoxy) is 2. The molecule has 1 fully saturated rings. The van der Waals surface area contributed by atoms with E-state index < -0.39 is 11.7 Å². The summed E-state index contributed by atoms with van der Waals surface area (Å²) in [6.45, 7) is 3.44. The fourth-order valence-corrected chi connectivity index (χ4v) is 4.93. The molecule has 3 N–H and O–H groups in total. The summed E-state index contributed by atoms with van der Waals surface area (Å²) in [6.07, 6.45) is 1.13. The topological polar surface area (TPSA) is 114 Å². The van der Waals surface area contributed by atoms with Crippen molar-refractivity contribution in [2.45, 2.75) is 26.2 Å². The highest BCUT2D eigenvalue weighted by Crippen LogP contribution is 2.35. The number of nitrogens with zero attached hydrogens (tertiary/aromatic N) is 3. The van der Waals surface area contributed by atoms with Gasteiger partial charge in [0.25, 0.3) is 0 Å². The van der Waals surface area contributed by atoms with Crippen molar-refractivity contribution in [2.75, 3.05) is 25.1 Å². The number of anilines is 1. The number of aromatic nitrogens is 4. The monoisotopic (exact) mass is 610 g/mol. The molecule has 0 spiro atoms. The Hall–Kier alpha value is -5.00. The van der Waals surface area contributed by atoms with Crippen LogP contribution >= 0.6 is 0 Å². The van der Waals surface area contributed by atoms with Crippen LogP contribution in [-0.4, -0.2) is 45.6 Å². The summed E-state index contributed by atoms with van der Waals surface area (Å²) < 4.78 is 39.3. The molecule has 0 bridgehead atoms. The Balaban J connectivity index is 1.16. The zero-order valence-electron chi connectivity index (χ0n) is 24.6. The first-order valence-electron chi connectivity index (χ1n) is 14.5. The molecular weight excluding hydrogens is 578 g/mol. The quantitative estimate of drug-likeness (QED) is 0.182. The third-order valence-electron chi connectivity index (χ3n) is 7.42. The maximum Gasteiger partial charge on any atom is 0.224 e. The van der Waals surface area contributed by atoms with Gasteiger partial charge in [-0.2, -0.15) is 0 Å². The van der Waals surface area contributed by atoms with E-state index in [1.807, 2.05) is 37.3 Å². The zero-order chi connectivity index (χ0) is 31.2. The fourth-order valence-electron chi connectivity index (χ4n) is 4.93. The van der Waals surface area contributed by atoms with Crippen molar-refractivity contribution in [3.8, 4) is 22.6 Å². The minimum atomic E-state index is -0.788. The van der Waals surface area contributed by atoms with Crippen molar-refractivity contribution in [3.63, 3.8) is 0 Å². The highest BCUT2D eigenvalue weighted by molar-refractivity contribution is 5.78. The predicted molar refractivity (Wildman–Crippen MR) is 165 cm³/mol. The second kappa shape index (κ2) is 13.3. The lowest BCUT2D eigenvalue weighted by atomic mass is 9.92. The Morgan fingerprint density at radius 1 is 0.911 bits per heavy atom. The van der Waals surface area contributed by atoms with Crippen molar-refractivity contribution in [3.05, 3.63) is 120 Å². The highest BCUT2D eigenvalue weighted by atomic mass is 19.1. The minimum Gasteiger partial charge on any atom is -0.355 e. The third kappa shape index (κ3) is 7.57.